The molecule has 1 rings (SSSR count). The van der Waals surface area contributed by atoms with Crippen LogP contribution < -0.4 is 11.1 Å². The van der Waals surface area contributed by atoms with Gasteiger partial charge in [-0.1, -0.05) is 44.2 Å². The minimum atomic E-state index is -1.34. The predicted molar refractivity (Wildman–Crippen MR) is 86.2 cm³/mol. The van der Waals surface area contributed by atoms with Gasteiger partial charge in [-0.2, -0.15) is 0 Å². The van der Waals surface area contributed by atoms with Crippen molar-refractivity contribution in [2.75, 3.05) is 0 Å². The minimum absolute atomic E-state index is 0.120. The summed E-state index contributed by atoms with van der Waals surface area (Å²) in [5, 5.41) is 12.7. The highest BCUT2D eigenvalue weighted by Crippen LogP contribution is 2.08. The number of nitrogens with two attached hydrogens (primary N) is 1. The molecule has 0 heterocycles. The summed E-state index contributed by atoms with van der Waals surface area (Å²) in [5.74, 6) is -0.445. The molecule has 5 nitrogen and oxygen atoms in total. The normalized spacial score (nSPS) is 15.2. The highest BCUT2D eigenvalue weighted by Gasteiger charge is 2.27. The summed E-state index contributed by atoms with van der Waals surface area (Å²) in [6.45, 7) is 5.38. The third-order valence-electron chi connectivity index (χ3n) is 3.50. The van der Waals surface area contributed by atoms with Crippen LogP contribution in [0.25, 0.3) is 0 Å². The molecule has 0 saturated carbocycles. The van der Waals surface area contributed by atoms with Crippen LogP contribution in [0.1, 0.15) is 32.8 Å². The van der Waals surface area contributed by atoms with Gasteiger partial charge < -0.3 is 16.2 Å². The zero-order valence-corrected chi connectivity index (χ0v) is 13.5. The van der Waals surface area contributed by atoms with Crippen LogP contribution in [0.2, 0.25) is 0 Å². The van der Waals surface area contributed by atoms with Gasteiger partial charge in [0, 0.05) is 6.04 Å². The Bertz CT molecular complexity index is 488. The van der Waals surface area contributed by atoms with Crippen LogP contribution in [-0.4, -0.2) is 35.0 Å². The maximum atomic E-state index is 12.1. The van der Waals surface area contributed by atoms with Crippen LogP contribution >= 0.6 is 0 Å². The molecule has 4 N–H and O–H groups in total. The number of Topliss-reactive ketones (excluding diaryl/α,β-unsaturated/α-hetero) is 1. The average Bonchev–Trinajstić information content (AvgIpc) is 2.46. The molecule has 0 aliphatic carbocycles. The average molecular weight is 306 g/mol. The molecule has 122 valence electrons. The van der Waals surface area contributed by atoms with Crippen molar-refractivity contribution in [2.45, 2.75) is 51.8 Å². The highest BCUT2D eigenvalue weighted by molar-refractivity contribution is 5.89. The first-order valence-electron chi connectivity index (χ1n) is 7.59. The van der Waals surface area contributed by atoms with Crippen molar-refractivity contribution in [3.8, 4) is 0 Å². The Kier molecular flexibility index (Phi) is 7.21. The SMILES string of the molecule is CC(=O)[C@H](CC(C)C)NC(=O)[C@@H](O)[C@H](N)Cc1ccccc1. The van der Waals surface area contributed by atoms with Gasteiger partial charge in [0.2, 0.25) is 0 Å². The molecule has 0 aromatic heterocycles. The number of ketones is 1. The highest BCUT2D eigenvalue weighted by atomic mass is 16.3. The Balaban J connectivity index is 2.61. The number of hydrogen-bond donors (Lipinski definition) is 3. The van der Waals surface area contributed by atoms with Crippen LogP contribution in [0.15, 0.2) is 30.3 Å². The van der Waals surface area contributed by atoms with Crippen molar-refractivity contribution in [3.63, 3.8) is 0 Å². The Morgan fingerprint density at radius 2 is 1.82 bits per heavy atom. The van der Waals surface area contributed by atoms with E-state index in [9.17, 15) is 14.7 Å². The molecule has 0 aliphatic heterocycles. The van der Waals surface area contributed by atoms with Crippen molar-refractivity contribution >= 4 is 11.7 Å². The van der Waals surface area contributed by atoms with Crippen LogP contribution in [0.3, 0.4) is 0 Å². The van der Waals surface area contributed by atoms with Gasteiger partial charge in [-0.05, 0) is 31.2 Å². The molecule has 0 bridgehead atoms. The van der Waals surface area contributed by atoms with Gasteiger partial charge in [-0.15, -0.1) is 0 Å². The number of benzene rings is 1. The van der Waals surface area contributed by atoms with E-state index in [4.69, 9.17) is 5.73 Å². The third kappa shape index (κ3) is 5.95. The Morgan fingerprint density at radius 1 is 1.23 bits per heavy atom. The first kappa shape index (κ1) is 18.3. The molecule has 0 aliphatic rings. The Hall–Kier alpha value is -1.72. The van der Waals surface area contributed by atoms with Crippen molar-refractivity contribution < 1.29 is 14.7 Å². The van der Waals surface area contributed by atoms with E-state index in [0.717, 1.165) is 5.56 Å². The van der Waals surface area contributed by atoms with Crippen molar-refractivity contribution in [2.24, 2.45) is 11.7 Å². The topological polar surface area (TPSA) is 92.4 Å². The largest absolute Gasteiger partial charge is 0.382 e. The lowest BCUT2D eigenvalue weighted by atomic mass is 9.98. The molecule has 0 unspecified atom stereocenters. The monoisotopic (exact) mass is 306 g/mol. The van der Waals surface area contributed by atoms with Crippen molar-refractivity contribution in [3.05, 3.63) is 35.9 Å². The first-order chi connectivity index (χ1) is 10.3. The minimum Gasteiger partial charge on any atom is -0.382 e. The molecule has 1 aromatic rings. The summed E-state index contributed by atoms with van der Waals surface area (Å²) < 4.78 is 0. The number of aliphatic hydroxyl groups excluding tert-OH is 1. The number of nitrogens with one attached hydrogen (secondary N) is 1. The van der Waals surface area contributed by atoms with Crippen LogP contribution in [0.4, 0.5) is 0 Å². The van der Waals surface area contributed by atoms with Gasteiger partial charge in [0.25, 0.3) is 5.91 Å². The van der Waals surface area contributed by atoms with Gasteiger partial charge in [-0.25, -0.2) is 0 Å². The van der Waals surface area contributed by atoms with Gasteiger partial charge in [-0.3, -0.25) is 9.59 Å². The van der Waals surface area contributed by atoms with E-state index in [0.29, 0.717) is 12.8 Å². The third-order valence-corrected chi connectivity index (χ3v) is 3.50. The molecule has 3 atom stereocenters. The fraction of sp³-hybridized carbons (Fsp3) is 0.529. The quantitative estimate of drug-likeness (QED) is 0.669. The van der Waals surface area contributed by atoms with E-state index < -0.39 is 24.1 Å². The molecule has 0 fully saturated rings. The Morgan fingerprint density at radius 3 is 2.32 bits per heavy atom. The summed E-state index contributed by atoms with van der Waals surface area (Å²) in [7, 11) is 0. The Labute approximate surface area is 131 Å². The summed E-state index contributed by atoms with van der Waals surface area (Å²) in [6, 6.07) is 8.14. The second kappa shape index (κ2) is 8.66. The molecular weight excluding hydrogens is 280 g/mol. The predicted octanol–water partition coefficient (Wildman–Crippen LogP) is 1.04. The summed E-state index contributed by atoms with van der Waals surface area (Å²) in [4.78, 5) is 23.6. The van der Waals surface area contributed by atoms with Crippen LogP contribution in [0.5, 0.6) is 0 Å². The van der Waals surface area contributed by atoms with Crippen LogP contribution in [0, 0.1) is 5.92 Å². The van der Waals surface area contributed by atoms with E-state index in [-0.39, 0.29) is 11.7 Å². The molecule has 1 amide bonds. The van der Waals surface area contributed by atoms with Crippen LogP contribution in [-0.2, 0) is 16.0 Å². The zero-order valence-electron chi connectivity index (χ0n) is 13.5. The smallest absolute Gasteiger partial charge is 0.251 e. The number of carbonyl (C=O) groups is 2. The second-order valence-electron chi connectivity index (χ2n) is 6.10. The van der Waals surface area contributed by atoms with Gasteiger partial charge >= 0.3 is 0 Å². The maximum Gasteiger partial charge on any atom is 0.251 e. The molecule has 22 heavy (non-hydrogen) atoms. The molecule has 5 heteroatoms. The molecule has 1 aromatic carbocycles. The fourth-order valence-electron chi connectivity index (χ4n) is 2.25. The van der Waals surface area contributed by atoms with Gasteiger partial charge in [0.15, 0.2) is 5.78 Å². The number of carbonyl (C=O) groups excluding carboxylic acids is 2. The number of aliphatic hydroxyl groups is 1. The molecular formula is C17H26N2O3. The van der Waals surface area contributed by atoms with Gasteiger partial charge in [0.1, 0.15) is 6.10 Å². The number of hydrogen-bond acceptors (Lipinski definition) is 4. The molecule has 0 radical (unpaired) electrons. The second-order valence-corrected chi connectivity index (χ2v) is 6.10. The van der Waals surface area contributed by atoms with E-state index in [2.05, 4.69) is 5.32 Å². The van der Waals surface area contributed by atoms with E-state index in [1.54, 1.807) is 0 Å². The number of amides is 1. The van der Waals surface area contributed by atoms with E-state index in [1.807, 2.05) is 44.2 Å². The van der Waals surface area contributed by atoms with E-state index in [1.165, 1.54) is 6.92 Å². The lowest BCUT2D eigenvalue weighted by molar-refractivity contribution is -0.134. The summed E-state index contributed by atoms with van der Waals surface area (Å²) in [5.41, 5.74) is 6.86. The van der Waals surface area contributed by atoms with E-state index >= 15 is 0 Å². The standard InChI is InChI=1S/C17H26N2O3/c1-11(2)9-15(12(3)20)19-17(22)16(21)14(18)10-13-7-5-4-6-8-13/h4-8,11,14-16,21H,9-10,18H2,1-3H3,(H,19,22)/t14-,15+,16+/m1/s1. The lowest BCUT2D eigenvalue weighted by Gasteiger charge is -2.23. The molecule has 0 spiro atoms. The first-order valence-corrected chi connectivity index (χ1v) is 7.59. The van der Waals surface area contributed by atoms with Crippen molar-refractivity contribution in [1.29, 1.82) is 0 Å². The summed E-state index contributed by atoms with van der Waals surface area (Å²) in [6.07, 6.45) is -0.402. The fourth-order valence-corrected chi connectivity index (χ4v) is 2.25. The molecule has 0 saturated heterocycles. The van der Waals surface area contributed by atoms with Gasteiger partial charge in [0.05, 0.1) is 6.04 Å². The lowest BCUT2D eigenvalue weighted by Crippen LogP contribution is -2.51. The summed E-state index contributed by atoms with van der Waals surface area (Å²) >= 11 is 0. The van der Waals surface area contributed by atoms with Crippen molar-refractivity contribution in [1.82, 2.24) is 5.32 Å². The number of rotatable bonds is 8. The maximum absolute atomic E-state index is 12.1. The zero-order chi connectivity index (χ0) is 16.7.